The Morgan fingerprint density at radius 3 is 3.00 bits per heavy atom. The smallest absolute Gasteiger partial charge is 0.231 e. The lowest BCUT2D eigenvalue weighted by Crippen LogP contribution is -2.02. The molecule has 1 heterocycles. The van der Waals surface area contributed by atoms with E-state index in [9.17, 15) is 9.18 Å². The van der Waals surface area contributed by atoms with E-state index in [4.69, 9.17) is 9.47 Å². The second-order valence-corrected chi connectivity index (χ2v) is 4.12. The van der Waals surface area contributed by atoms with Crippen molar-refractivity contribution >= 4 is 21.7 Å². The molecule has 1 aromatic rings. The van der Waals surface area contributed by atoms with Crippen molar-refractivity contribution in [1.29, 1.82) is 0 Å². The highest BCUT2D eigenvalue weighted by atomic mass is 79.9. The zero-order chi connectivity index (χ0) is 11.0. The van der Waals surface area contributed by atoms with E-state index < -0.39 is 5.82 Å². The maximum Gasteiger partial charge on any atom is 0.231 e. The molecule has 0 unspecified atom stereocenters. The topological polar surface area (TPSA) is 35.5 Å². The SMILES string of the molecule is CC(=O)Cc1c(F)c(Br)cc2c1OCO2. The predicted molar refractivity (Wildman–Crippen MR) is 54.6 cm³/mol. The Balaban J connectivity index is 2.55. The summed E-state index contributed by atoms with van der Waals surface area (Å²) in [5.74, 6) is 0.226. The summed E-state index contributed by atoms with van der Waals surface area (Å²) in [6, 6.07) is 1.50. The first-order valence-electron chi connectivity index (χ1n) is 4.35. The van der Waals surface area contributed by atoms with Crippen molar-refractivity contribution < 1.29 is 18.7 Å². The number of fused-ring (bicyclic) bond motifs is 1. The van der Waals surface area contributed by atoms with E-state index in [0.717, 1.165) is 0 Å². The Morgan fingerprint density at radius 2 is 2.33 bits per heavy atom. The van der Waals surface area contributed by atoms with E-state index in [1.54, 1.807) is 0 Å². The third-order valence-electron chi connectivity index (χ3n) is 2.07. The fourth-order valence-corrected chi connectivity index (χ4v) is 1.91. The zero-order valence-corrected chi connectivity index (χ0v) is 9.56. The van der Waals surface area contributed by atoms with Crippen molar-refractivity contribution in [1.82, 2.24) is 0 Å². The highest BCUT2D eigenvalue weighted by molar-refractivity contribution is 9.10. The fourth-order valence-electron chi connectivity index (χ4n) is 1.46. The third kappa shape index (κ3) is 1.84. The summed E-state index contributed by atoms with van der Waals surface area (Å²) in [5.41, 5.74) is 0.254. The summed E-state index contributed by atoms with van der Waals surface area (Å²) in [7, 11) is 0. The predicted octanol–water partition coefficient (Wildman–Crippen LogP) is 2.45. The molecule has 3 nitrogen and oxygen atoms in total. The Morgan fingerprint density at radius 1 is 1.60 bits per heavy atom. The van der Waals surface area contributed by atoms with Crippen LogP contribution in [0.1, 0.15) is 12.5 Å². The highest BCUT2D eigenvalue weighted by Crippen LogP contribution is 2.40. The molecule has 1 aromatic carbocycles. The van der Waals surface area contributed by atoms with Crippen LogP contribution in [0.15, 0.2) is 10.5 Å². The molecule has 0 aromatic heterocycles. The van der Waals surface area contributed by atoms with Gasteiger partial charge in [0.15, 0.2) is 11.5 Å². The minimum absolute atomic E-state index is 0.0109. The minimum Gasteiger partial charge on any atom is -0.454 e. The monoisotopic (exact) mass is 274 g/mol. The Hall–Kier alpha value is -1.10. The molecular formula is C10H8BrFO3. The number of hydrogen-bond acceptors (Lipinski definition) is 3. The van der Waals surface area contributed by atoms with Crippen molar-refractivity contribution in [2.24, 2.45) is 0 Å². The Bertz CT molecular complexity index is 431. The van der Waals surface area contributed by atoms with Gasteiger partial charge in [-0.05, 0) is 22.9 Å². The number of benzene rings is 1. The molecule has 0 fully saturated rings. The molecular weight excluding hydrogens is 267 g/mol. The molecule has 0 spiro atoms. The van der Waals surface area contributed by atoms with Crippen LogP contribution in [-0.2, 0) is 11.2 Å². The van der Waals surface area contributed by atoms with E-state index in [0.29, 0.717) is 11.5 Å². The molecule has 15 heavy (non-hydrogen) atoms. The van der Waals surface area contributed by atoms with Crippen LogP contribution in [-0.4, -0.2) is 12.6 Å². The summed E-state index contributed by atoms with van der Waals surface area (Å²) >= 11 is 3.07. The van der Waals surface area contributed by atoms with Crippen LogP contribution in [0.4, 0.5) is 4.39 Å². The standard InChI is InChI=1S/C10H8BrFO3/c1-5(13)2-6-9(12)7(11)3-8-10(6)15-4-14-8/h3H,2,4H2,1H3. The van der Waals surface area contributed by atoms with Crippen LogP contribution in [0.5, 0.6) is 11.5 Å². The van der Waals surface area contributed by atoms with Gasteiger partial charge in [-0.2, -0.15) is 0 Å². The summed E-state index contributed by atoms with van der Waals surface area (Å²) in [5, 5.41) is 0. The van der Waals surface area contributed by atoms with Crippen LogP contribution in [0.3, 0.4) is 0 Å². The molecule has 0 aliphatic carbocycles. The molecule has 5 heteroatoms. The number of ether oxygens (including phenoxy) is 2. The van der Waals surface area contributed by atoms with Crippen molar-refractivity contribution in [2.75, 3.05) is 6.79 Å². The third-order valence-corrected chi connectivity index (χ3v) is 2.65. The van der Waals surface area contributed by atoms with Gasteiger partial charge in [0.25, 0.3) is 0 Å². The molecule has 2 rings (SSSR count). The van der Waals surface area contributed by atoms with E-state index in [2.05, 4.69) is 15.9 Å². The number of ketones is 1. The molecule has 1 aliphatic heterocycles. The van der Waals surface area contributed by atoms with E-state index in [1.807, 2.05) is 0 Å². The van der Waals surface area contributed by atoms with Gasteiger partial charge in [0, 0.05) is 18.1 Å². The number of halogens is 2. The van der Waals surface area contributed by atoms with Crippen molar-refractivity contribution in [3.8, 4) is 11.5 Å². The Kier molecular flexibility index (Phi) is 2.65. The lowest BCUT2D eigenvalue weighted by Gasteiger charge is -2.06. The molecule has 0 radical (unpaired) electrons. The second kappa shape index (κ2) is 3.81. The molecule has 1 aliphatic rings. The van der Waals surface area contributed by atoms with Crippen LogP contribution in [0.2, 0.25) is 0 Å². The van der Waals surface area contributed by atoms with Gasteiger partial charge in [0.05, 0.1) is 4.47 Å². The van der Waals surface area contributed by atoms with Crippen LogP contribution < -0.4 is 9.47 Å². The van der Waals surface area contributed by atoms with Gasteiger partial charge < -0.3 is 9.47 Å². The van der Waals surface area contributed by atoms with Gasteiger partial charge in [0.2, 0.25) is 6.79 Å². The number of Topliss-reactive ketones (excluding diaryl/α,β-unsaturated/α-hetero) is 1. The summed E-state index contributed by atoms with van der Waals surface area (Å²) in [6.07, 6.45) is 0.0109. The molecule has 0 atom stereocenters. The average Bonchev–Trinajstić information content (AvgIpc) is 2.59. The van der Waals surface area contributed by atoms with Gasteiger partial charge in [-0.3, -0.25) is 4.79 Å². The van der Waals surface area contributed by atoms with Gasteiger partial charge in [-0.25, -0.2) is 4.39 Å². The van der Waals surface area contributed by atoms with E-state index >= 15 is 0 Å². The van der Waals surface area contributed by atoms with E-state index in [-0.39, 0.29) is 29.0 Å². The highest BCUT2D eigenvalue weighted by Gasteiger charge is 2.24. The average molecular weight is 275 g/mol. The van der Waals surface area contributed by atoms with Gasteiger partial charge in [-0.15, -0.1) is 0 Å². The first-order chi connectivity index (χ1) is 7.09. The molecule has 0 amide bonds. The van der Waals surface area contributed by atoms with Crippen LogP contribution in [0.25, 0.3) is 0 Å². The lowest BCUT2D eigenvalue weighted by molar-refractivity contribution is -0.116. The largest absolute Gasteiger partial charge is 0.454 e. The molecule has 80 valence electrons. The number of hydrogen-bond donors (Lipinski definition) is 0. The van der Waals surface area contributed by atoms with Crippen molar-refractivity contribution in [2.45, 2.75) is 13.3 Å². The van der Waals surface area contributed by atoms with Crippen LogP contribution in [0, 0.1) is 5.82 Å². The second-order valence-electron chi connectivity index (χ2n) is 3.26. The van der Waals surface area contributed by atoms with Gasteiger partial charge >= 0.3 is 0 Å². The van der Waals surface area contributed by atoms with Gasteiger partial charge in [0.1, 0.15) is 11.6 Å². The summed E-state index contributed by atoms with van der Waals surface area (Å²) in [4.78, 5) is 11.0. The number of carbonyl (C=O) groups excluding carboxylic acids is 1. The number of rotatable bonds is 2. The Labute approximate surface area is 94.3 Å². The van der Waals surface area contributed by atoms with Crippen molar-refractivity contribution in [3.05, 3.63) is 21.9 Å². The maximum atomic E-state index is 13.7. The quantitative estimate of drug-likeness (QED) is 0.831. The zero-order valence-electron chi connectivity index (χ0n) is 7.97. The van der Waals surface area contributed by atoms with Crippen LogP contribution >= 0.6 is 15.9 Å². The normalized spacial score (nSPS) is 13.0. The first-order valence-corrected chi connectivity index (χ1v) is 5.15. The summed E-state index contributed by atoms with van der Waals surface area (Å²) < 4.78 is 24.2. The maximum absolute atomic E-state index is 13.7. The molecule has 0 N–H and O–H groups in total. The van der Waals surface area contributed by atoms with E-state index in [1.165, 1.54) is 13.0 Å². The summed E-state index contributed by atoms with van der Waals surface area (Å²) in [6.45, 7) is 1.47. The minimum atomic E-state index is -0.463. The first kappa shape index (κ1) is 10.4. The van der Waals surface area contributed by atoms with Gasteiger partial charge in [-0.1, -0.05) is 0 Å². The number of carbonyl (C=O) groups is 1. The van der Waals surface area contributed by atoms with Crippen molar-refractivity contribution in [3.63, 3.8) is 0 Å². The molecule has 0 bridgehead atoms. The lowest BCUT2D eigenvalue weighted by atomic mass is 10.1. The fraction of sp³-hybridized carbons (Fsp3) is 0.300. The molecule has 0 saturated heterocycles. The molecule has 0 saturated carbocycles.